The lowest BCUT2D eigenvalue weighted by Gasteiger charge is -2.16. The Morgan fingerprint density at radius 3 is 2.59 bits per heavy atom. The molecule has 0 saturated heterocycles. The minimum atomic E-state index is -0.278. The number of hydrogen-bond acceptors (Lipinski definition) is 3. The third kappa shape index (κ3) is 4.13. The minimum Gasteiger partial charge on any atom is -0.352 e. The smallest absolute Gasteiger partial charge is 0.254 e. The molecule has 1 N–H and O–H groups in total. The van der Waals surface area contributed by atoms with Crippen LogP contribution in [0.3, 0.4) is 0 Å². The first-order valence-corrected chi connectivity index (χ1v) is 6.14. The van der Waals surface area contributed by atoms with Gasteiger partial charge in [0.25, 0.3) is 5.91 Å². The number of carbonyl (C=O) groups excluding carboxylic acids is 1. The number of hydrogen-bond donors (Lipinski definition) is 1. The summed E-state index contributed by atoms with van der Waals surface area (Å²) in [5.74, 6) is 0.618. The second kappa shape index (κ2) is 6.17. The first-order chi connectivity index (χ1) is 7.91. The summed E-state index contributed by atoms with van der Waals surface area (Å²) >= 11 is 11.4. The van der Waals surface area contributed by atoms with Gasteiger partial charge in [-0.2, -0.15) is 0 Å². The van der Waals surface area contributed by atoms with E-state index in [0.717, 1.165) is 0 Å². The summed E-state index contributed by atoms with van der Waals surface area (Å²) in [6, 6.07) is 1.41. The molecule has 1 unspecified atom stereocenters. The van der Waals surface area contributed by atoms with Crippen molar-refractivity contribution in [3.05, 3.63) is 21.9 Å². The van der Waals surface area contributed by atoms with Gasteiger partial charge in [-0.3, -0.25) is 4.79 Å². The molecule has 17 heavy (non-hydrogen) atoms. The van der Waals surface area contributed by atoms with E-state index in [-0.39, 0.29) is 21.8 Å². The number of carbonyl (C=O) groups is 1. The fourth-order valence-corrected chi connectivity index (χ4v) is 1.42. The quantitative estimate of drug-likeness (QED) is 0.920. The molecule has 0 aromatic carbocycles. The Balaban J connectivity index is 2.67. The molecule has 6 heteroatoms. The summed E-state index contributed by atoms with van der Waals surface area (Å²) in [4.78, 5) is 11.8. The minimum absolute atomic E-state index is 0.0594. The van der Waals surface area contributed by atoms with Gasteiger partial charge in [-0.25, -0.2) is 0 Å². The molecule has 1 amide bonds. The molecule has 0 radical (unpaired) electrons. The van der Waals surface area contributed by atoms with Crippen molar-refractivity contribution >= 4 is 29.1 Å². The number of halogens is 2. The molecule has 0 aliphatic carbocycles. The van der Waals surface area contributed by atoms with Crippen molar-refractivity contribution in [2.24, 2.45) is 11.8 Å². The van der Waals surface area contributed by atoms with Crippen LogP contribution in [0.2, 0.25) is 10.3 Å². The molecule has 0 saturated carbocycles. The summed E-state index contributed by atoms with van der Waals surface area (Å²) in [6.07, 6.45) is 0. The Morgan fingerprint density at radius 2 is 2.00 bits per heavy atom. The molecule has 1 heterocycles. The van der Waals surface area contributed by atoms with Gasteiger partial charge in [0, 0.05) is 6.54 Å². The monoisotopic (exact) mass is 275 g/mol. The van der Waals surface area contributed by atoms with Gasteiger partial charge in [-0.05, 0) is 17.9 Å². The van der Waals surface area contributed by atoms with Crippen LogP contribution >= 0.6 is 23.2 Å². The van der Waals surface area contributed by atoms with Gasteiger partial charge in [-0.15, -0.1) is 10.2 Å². The predicted molar refractivity (Wildman–Crippen MR) is 68.4 cm³/mol. The fraction of sp³-hybridized carbons (Fsp3) is 0.545. The van der Waals surface area contributed by atoms with Crippen molar-refractivity contribution in [3.63, 3.8) is 0 Å². The lowest BCUT2D eigenvalue weighted by molar-refractivity contribution is 0.0944. The van der Waals surface area contributed by atoms with Gasteiger partial charge in [0.05, 0.1) is 5.56 Å². The van der Waals surface area contributed by atoms with Crippen LogP contribution in [0, 0.1) is 11.8 Å². The molecule has 0 spiro atoms. The van der Waals surface area contributed by atoms with E-state index < -0.39 is 0 Å². The van der Waals surface area contributed by atoms with Gasteiger partial charge in [0.15, 0.2) is 10.3 Å². The van der Waals surface area contributed by atoms with Crippen LogP contribution in [0.25, 0.3) is 0 Å². The molecule has 1 rings (SSSR count). The second-order valence-corrected chi connectivity index (χ2v) is 5.05. The van der Waals surface area contributed by atoms with E-state index in [0.29, 0.717) is 18.4 Å². The highest BCUT2D eigenvalue weighted by Gasteiger charge is 2.14. The zero-order valence-electron chi connectivity index (χ0n) is 10.00. The van der Waals surface area contributed by atoms with Crippen molar-refractivity contribution in [2.75, 3.05) is 6.54 Å². The van der Waals surface area contributed by atoms with Crippen molar-refractivity contribution in [1.29, 1.82) is 0 Å². The molecule has 0 bridgehead atoms. The number of nitrogens with one attached hydrogen (secondary N) is 1. The van der Waals surface area contributed by atoms with Crippen LogP contribution in [0.4, 0.5) is 0 Å². The lowest BCUT2D eigenvalue weighted by Crippen LogP contribution is -2.30. The van der Waals surface area contributed by atoms with E-state index >= 15 is 0 Å². The maximum atomic E-state index is 11.8. The molecule has 4 nitrogen and oxygen atoms in total. The highest BCUT2D eigenvalue weighted by Crippen LogP contribution is 2.15. The van der Waals surface area contributed by atoms with Crippen molar-refractivity contribution in [3.8, 4) is 0 Å². The van der Waals surface area contributed by atoms with Gasteiger partial charge in [0.2, 0.25) is 0 Å². The van der Waals surface area contributed by atoms with Crippen molar-refractivity contribution < 1.29 is 4.79 Å². The van der Waals surface area contributed by atoms with E-state index in [1.165, 1.54) is 6.07 Å². The third-order valence-corrected chi connectivity index (χ3v) is 3.15. The van der Waals surface area contributed by atoms with E-state index in [2.05, 4.69) is 36.3 Å². The van der Waals surface area contributed by atoms with Gasteiger partial charge >= 0.3 is 0 Å². The van der Waals surface area contributed by atoms with Crippen LogP contribution in [-0.2, 0) is 0 Å². The summed E-state index contributed by atoms with van der Waals surface area (Å²) in [6.45, 7) is 6.88. The SMILES string of the molecule is CC(C)C(C)CNC(=O)c1cc(Cl)nnc1Cl. The number of rotatable bonds is 4. The molecular weight excluding hydrogens is 261 g/mol. The Morgan fingerprint density at radius 1 is 1.35 bits per heavy atom. The Labute approximate surface area is 111 Å². The van der Waals surface area contributed by atoms with Gasteiger partial charge in [-0.1, -0.05) is 44.0 Å². The molecule has 0 aliphatic heterocycles. The molecule has 94 valence electrons. The first kappa shape index (κ1) is 14.2. The highest BCUT2D eigenvalue weighted by atomic mass is 35.5. The standard InChI is InChI=1S/C11H15Cl2N3O/c1-6(2)7(3)5-14-11(17)8-4-9(12)15-16-10(8)13/h4,6-7H,5H2,1-3H3,(H,14,17). The van der Waals surface area contributed by atoms with Crippen LogP contribution in [0.15, 0.2) is 6.07 Å². The van der Waals surface area contributed by atoms with Gasteiger partial charge in [0.1, 0.15) is 0 Å². The number of amides is 1. The maximum absolute atomic E-state index is 11.8. The number of aromatic nitrogens is 2. The molecule has 1 aromatic heterocycles. The van der Waals surface area contributed by atoms with Crippen LogP contribution < -0.4 is 5.32 Å². The fourth-order valence-electron chi connectivity index (χ4n) is 1.10. The third-order valence-electron chi connectivity index (χ3n) is 2.69. The molecule has 0 aliphatic rings. The Kier molecular flexibility index (Phi) is 5.15. The summed E-state index contributed by atoms with van der Waals surface area (Å²) in [7, 11) is 0. The largest absolute Gasteiger partial charge is 0.352 e. The first-order valence-electron chi connectivity index (χ1n) is 5.38. The normalized spacial score (nSPS) is 12.6. The summed E-state index contributed by atoms with van der Waals surface area (Å²) in [5, 5.41) is 10.1. The number of nitrogens with zero attached hydrogens (tertiary/aromatic N) is 2. The lowest BCUT2D eigenvalue weighted by atomic mass is 9.98. The van der Waals surface area contributed by atoms with E-state index in [4.69, 9.17) is 23.2 Å². The van der Waals surface area contributed by atoms with Crippen LogP contribution in [0.5, 0.6) is 0 Å². The maximum Gasteiger partial charge on any atom is 0.254 e. The van der Waals surface area contributed by atoms with Crippen molar-refractivity contribution in [2.45, 2.75) is 20.8 Å². The predicted octanol–water partition coefficient (Wildman–Crippen LogP) is 2.81. The summed E-state index contributed by atoms with van der Waals surface area (Å²) in [5.41, 5.74) is 0.252. The van der Waals surface area contributed by atoms with E-state index in [1.54, 1.807) is 0 Å². The topological polar surface area (TPSA) is 54.9 Å². The molecular formula is C11H15Cl2N3O. The zero-order valence-corrected chi connectivity index (χ0v) is 11.5. The highest BCUT2D eigenvalue weighted by molar-refractivity contribution is 6.34. The average Bonchev–Trinajstić information content (AvgIpc) is 2.28. The van der Waals surface area contributed by atoms with Crippen molar-refractivity contribution in [1.82, 2.24) is 15.5 Å². The average molecular weight is 276 g/mol. The molecule has 1 atom stereocenters. The van der Waals surface area contributed by atoms with Gasteiger partial charge < -0.3 is 5.32 Å². The van der Waals surface area contributed by atoms with E-state index in [9.17, 15) is 4.79 Å². The van der Waals surface area contributed by atoms with E-state index in [1.807, 2.05) is 0 Å². The zero-order chi connectivity index (χ0) is 13.0. The summed E-state index contributed by atoms with van der Waals surface area (Å²) < 4.78 is 0. The molecule has 1 aromatic rings. The Hall–Kier alpha value is -0.870. The molecule has 0 fully saturated rings. The van der Waals surface area contributed by atoms with Crippen LogP contribution in [-0.4, -0.2) is 22.6 Å². The van der Waals surface area contributed by atoms with Crippen LogP contribution in [0.1, 0.15) is 31.1 Å². The Bertz CT molecular complexity index is 410. The second-order valence-electron chi connectivity index (χ2n) is 4.30.